The topological polar surface area (TPSA) is 32.3 Å². The Kier molecular flexibility index (Phi) is 3.62. The van der Waals surface area contributed by atoms with Crippen LogP contribution in [-0.4, -0.2) is 17.3 Å². The van der Waals surface area contributed by atoms with Gasteiger partial charge in [-0.05, 0) is 25.0 Å². The fourth-order valence-electron chi connectivity index (χ4n) is 2.20. The average Bonchev–Trinajstić information content (AvgIpc) is 2.46. The van der Waals surface area contributed by atoms with Crippen LogP contribution in [0.25, 0.3) is 0 Å². The molecular weight excluding hydrogens is 186 g/mol. The molecule has 2 N–H and O–H groups in total. The highest BCUT2D eigenvalue weighted by Crippen LogP contribution is 2.21. The molecule has 0 aliphatic heterocycles. The molecule has 1 aliphatic rings. The highest BCUT2D eigenvalue weighted by atomic mass is 16.3. The van der Waals surface area contributed by atoms with Crippen molar-refractivity contribution in [3.05, 3.63) is 30.3 Å². The quantitative estimate of drug-likeness (QED) is 0.728. The zero-order chi connectivity index (χ0) is 10.5. The fourth-order valence-corrected chi connectivity index (χ4v) is 2.20. The number of benzene rings is 1. The molecule has 1 aromatic carbocycles. The van der Waals surface area contributed by atoms with Gasteiger partial charge in [0, 0.05) is 5.69 Å². The van der Waals surface area contributed by atoms with Gasteiger partial charge in [0.2, 0.25) is 0 Å². The van der Waals surface area contributed by atoms with Gasteiger partial charge in [-0.15, -0.1) is 0 Å². The predicted molar refractivity (Wildman–Crippen MR) is 62.9 cm³/mol. The Hall–Kier alpha value is -1.02. The first-order valence-electron chi connectivity index (χ1n) is 5.86. The normalized spacial score (nSPS) is 27.0. The van der Waals surface area contributed by atoms with Crippen LogP contribution in [0.5, 0.6) is 0 Å². The SMILES string of the molecule is O[C@H]1CCCCC[C@H]1Nc1ccccc1. The molecule has 0 amide bonds. The van der Waals surface area contributed by atoms with Crippen molar-refractivity contribution in [3.63, 3.8) is 0 Å². The maximum Gasteiger partial charge on any atom is 0.0741 e. The minimum absolute atomic E-state index is 0.187. The highest BCUT2D eigenvalue weighted by Gasteiger charge is 2.20. The zero-order valence-corrected chi connectivity index (χ0v) is 9.02. The minimum Gasteiger partial charge on any atom is -0.391 e. The van der Waals surface area contributed by atoms with Crippen LogP contribution in [0.2, 0.25) is 0 Å². The lowest BCUT2D eigenvalue weighted by molar-refractivity contribution is 0.144. The molecule has 0 unspecified atom stereocenters. The molecule has 1 aliphatic carbocycles. The Morgan fingerprint density at radius 2 is 1.73 bits per heavy atom. The molecule has 2 rings (SSSR count). The highest BCUT2D eigenvalue weighted by molar-refractivity contribution is 5.43. The number of nitrogens with one attached hydrogen (secondary N) is 1. The third kappa shape index (κ3) is 2.96. The second kappa shape index (κ2) is 5.17. The molecule has 2 heteroatoms. The van der Waals surface area contributed by atoms with Gasteiger partial charge in [0.05, 0.1) is 12.1 Å². The van der Waals surface area contributed by atoms with Crippen molar-refractivity contribution in [2.45, 2.75) is 44.2 Å². The smallest absolute Gasteiger partial charge is 0.0741 e. The number of rotatable bonds is 2. The van der Waals surface area contributed by atoms with Crippen molar-refractivity contribution in [3.8, 4) is 0 Å². The number of anilines is 1. The summed E-state index contributed by atoms with van der Waals surface area (Å²) >= 11 is 0. The van der Waals surface area contributed by atoms with Crippen LogP contribution in [-0.2, 0) is 0 Å². The van der Waals surface area contributed by atoms with E-state index in [1.54, 1.807) is 0 Å². The Bertz CT molecular complexity index is 286. The summed E-state index contributed by atoms with van der Waals surface area (Å²) in [5.74, 6) is 0. The summed E-state index contributed by atoms with van der Waals surface area (Å²) in [4.78, 5) is 0. The van der Waals surface area contributed by atoms with Crippen LogP contribution in [0, 0.1) is 0 Å². The number of aliphatic hydroxyl groups excluding tert-OH is 1. The van der Waals surface area contributed by atoms with Crippen molar-refractivity contribution in [1.82, 2.24) is 0 Å². The molecule has 0 radical (unpaired) electrons. The first-order valence-corrected chi connectivity index (χ1v) is 5.86. The van der Waals surface area contributed by atoms with E-state index in [4.69, 9.17) is 0 Å². The Morgan fingerprint density at radius 1 is 1.00 bits per heavy atom. The number of hydrogen-bond acceptors (Lipinski definition) is 2. The summed E-state index contributed by atoms with van der Waals surface area (Å²) in [7, 11) is 0. The molecule has 0 bridgehead atoms. The lowest BCUT2D eigenvalue weighted by Crippen LogP contribution is -2.32. The molecular formula is C13H19NO. The maximum absolute atomic E-state index is 9.95. The Morgan fingerprint density at radius 3 is 2.53 bits per heavy atom. The third-order valence-electron chi connectivity index (χ3n) is 3.11. The van der Waals surface area contributed by atoms with E-state index in [1.807, 2.05) is 18.2 Å². The summed E-state index contributed by atoms with van der Waals surface area (Å²) < 4.78 is 0. The number of hydrogen-bond donors (Lipinski definition) is 2. The van der Waals surface area contributed by atoms with Crippen LogP contribution in [0.15, 0.2) is 30.3 Å². The van der Waals surface area contributed by atoms with Crippen LogP contribution in [0.3, 0.4) is 0 Å². The van der Waals surface area contributed by atoms with E-state index >= 15 is 0 Å². The van der Waals surface area contributed by atoms with Crippen molar-refractivity contribution in [2.24, 2.45) is 0 Å². The largest absolute Gasteiger partial charge is 0.391 e. The second-order valence-corrected chi connectivity index (χ2v) is 4.32. The van der Waals surface area contributed by atoms with E-state index < -0.39 is 0 Å². The Labute approximate surface area is 91.3 Å². The van der Waals surface area contributed by atoms with Crippen LogP contribution in [0.4, 0.5) is 5.69 Å². The lowest BCUT2D eigenvalue weighted by atomic mass is 10.1. The van der Waals surface area contributed by atoms with Crippen molar-refractivity contribution < 1.29 is 5.11 Å². The van der Waals surface area contributed by atoms with Gasteiger partial charge in [-0.3, -0.25) is 0 Å². The summed E-state index contributed by atoms with van der Waals surface area (Å²) in [5.41, 5.74) is 1.11. The fraction of sp³-hybridized carbons (Fsp3) is 0.538. The van der Waals surface area contributed by atoms with Gasteiger partial charge in [0.25, 0.3) is 0 Å². The van der Waals surface area contributed by atoms with Gasteiger partial charge in [-0.1, -0.05) is 37.5 Å². The van der Waals surface area contributed by atoms with E-state index in [1.165, 1.54) is 12.8 Å². The molecule has 2 atom stereocenters. The first-order chi connectivity index (χ1) is 7.36. The summed E-state index contributed by atoms with van der Waals surface area (Å²) in [5, 5.41) is 13.4. The molecule has 0 spiro atoms. The standard InChI is InChI=1S/C13H19NO/c15-13-10-6-2-5-9-12(13)14-11-7-3-1-4-8-11/h1,3-4,7-8,12-15H,2,5-6,9-10H2/t12-,13+/m1/s1. The van der Waals surface area contributed by atoms with E-state index in [-0.39, 0.29) is 12.1 Å². The molecule has 1 aromatic rings. The molecule has 0 heterocycles. The lowest BCUT2D eigenvalue weighted by Gasteiger charge is -2.22. The molecule has 0 saturated heterocycles. The minimum atomic E-state index is -0.187. The summed E-state index contributed by atoms with van der Waals surface area (Å²) in [6, 6.07) is 10.4. The van der Waals surface area contributed by atoms with Gasteiger partial charge in [0.1, 0.15) is 0 Å². The zero-order valence-electron chi connectivity index (χ0n) is 9.02. The molecule has 1 fully saturated rings. The van der Waals surface area contributed by atoms with E-state index in [9.17, 15) is 5.11 Å². The van der Waals surface area contributed by atoms with E-state index in [2.05, 4.69) is 17.4 Å². The molecule has 15 heavy (non-hydrogen) atoms. The number of para-hydroxylation sites is 1. The van der Waals surface area contributed by atoms with E-state index in [0.717, 1.165) is 24.9 Å². The van der Waals surface area contributed by atoms with E-state index in [0.29, 0.717) is 0 Å². The van der Waals surface area contributed by atoms with Crippen molar-refractivity contribution >= 4 is 5.69 Å². The number of aliphatic hydroxyl groups is 1. The third-order valence-corrected chi connectivity index (χ3v) is 3.11. The van der Waals surface area contributed by atoms with Crippen molar-refractivity contribution in [2.75, 3.05) is 5.32 Å². The van der Waals surface area contributed by atoms with Gasteiger partial charge < -0.3 is 10.4 Å². The van der Waals surface area contributed by atoms with Crippen molar-refractivity contribution in [1.29, 1.82) is 0 Å². The van der Waals surface area contributed by atoms with Crippen LogP contribution >= 0.6 is 0 Å². The van der Waals surface area contributed by atoms with Crippen LogP contribution < -0.4 is 5.32 Å². The Balaban J connectivity index is 1.97. The first kappa shape index (κ1) is 10.5. The molecule has 0 aromatic heterocycles. The van der Waals surface area contributed by atoms with Gasteiger partial charge >= 0.3 is 0 Å². The average molecular weight is 205 g/mol. The monoisotopic (exact) mass is 205 g/mol. The molecule has 1 saturated carbocycles. The summed E-state index contributed by atoms with van der Waals surface area (Å²) in [6.07, 6.45) is 5.47. The van der Waals surface area contributed by atoms with Gasteiger partial charge in [-0.2, -0.15) is 0 Å². The van der Waals surface area contributed by atoms with Gasteiger partial charge in [0.15, 0.2) is 0 Å². The van der Waals surface area contributed by atoms with Crippen LogP contribution in [0.1, 0.15) is 32.1 Å². The second-order valence-electron chi connectivity index (χ2n) is 4.32. The van der Waals surface area contributed by atoms with Gasteiger partial charge in [-0.25, -0.2) is 0 Å². The molecule has 2 nitrogen and oxygen atoms in total. The predicted octanol–water partition coefficient (Wildman–Crippen LogP) is 2.79. The summed E-state index contributed by atoms with van der Waals surface area (Å²) in [6.45, 7) is 0. The molecule has 82 valence electrons. The maximum atomic E-state index is 9.95.